The lowest BCUT2D eigenvalue weighted by Gasteiger charge is -2.20. The van der Waals surface area contributed by atoms with Gasteiger partial charge < -0.3 is 0 Å². The van der Waals surface area contributed by atoms with Gasteiger partial charge in [0, 0.05) is 30.3 Å². The average molecular weight is 449 g/mol. The summed E-state index contributed by atoms with van der Waals surface area (Å²) in [7, 11) is 5.26. The molecule has 4 rings (SSSR count). The summed E-state index contributed by atoms with van der Waals surface area (Å²) in [5.74, 6) is 0.441. The maximum absolute atomic E-state index is 13.2. The van der Waals surface area contributed by atoms with Crippen molar-refractivity contribution in [2.75, 3.05) is 0 Å². The van der Waals surface area contributed by atoms with Gasteiger partial charge in [0.05, 0.1) is 10.6 Å². The van der Waals surface area contributed by atoms with Gasteiger partial charge in [-0.05, 0) is 61.3 Å². The number of hydrogen-bond donors (Lipinski definition) is 0. The van der Waals surface area contributed by atoms with Crippen LogP contribution in [0.4, 0.5) is 0 Å². The summed E-state index contributed by atoms with van der Waals surface area (Å²) in [4.78, 5) is 18.1. The first-order chi connectivity index (χ1) is 13.7. The second-order valence-corrected chi connectivity index (χ2v) is 11.6. The minimum atomic E-state index is -3.98. The fourth-order valence-corrected chi connectivity index (χ4v) is 6.59. The van der Waals surface area contributed by atoms with Crippen molar-refractivity contribution in [3.05, 3.63) is 38.3 Å². The first kappa shape index (κ1) is 21.1. The summed E-state index contributed by atoms with van der Waals surface area (Å²) < 4.78 is 28.0. The van der Waals surface area contributed by atoms with Crippen molar-refractivity contribution in [1.82, 2.24) is 19.3 Å². The molecule has 30 heavy (non-hydrogen) atoms. The molecule has 0 atom stereocenters. The molecule has 0 spiro atoms. The summed E-state index contributed by atoms with van der Waals surface area (Å²) in [5.41, 5.74) is 5.28. The van der Waals surface area contributed by atoms with Crippen LogP contribution in [0.3, 0.4) is 0 Å². The van der Waals surface area contributed by atoms with E-state index in [0.29, 0.717) is 39.2 Å². The van der Waals surface area contributed by atoms with Gasteiger partial charge in [-0.2, -0.15) is 5.10 Å². The largest absolute Gasteiger partial charge is 0.294 e. The van der Waals surface area contributed by atoms with E-state index in [1.54, 1.807) is 21.0 Å². The van der Waals surface area contributed by atoms with E-state index in [1.807, 2.05) is 13.8 Å². The van der Waals surface area contributed by atoms with Gasteiger partial charge in [-0.25, -0.2) is 13.4 Å². The molecule has 2 aromatic heterocycles. The maximum Gasteiger partial charge on any atom is 0.279 e. The van der Waals surface area contributed by atoms with Gasteiger partial charge >= 0.3 is 0 Å². The van der Waals surface area contributed by atoms with E-state index in [-0.39, 0.29) is 15.9 Å². The molecule has 0 bridgehead atoms. The van der Waals surface area contributed by atoms with Crippen molar-refractivity contribution < 1.29 is 8.42 Å². The monoisotopic (exact) mass is 448 g/mol. The molecule has 9 heteroatoms. The van der Waals surface area contributed by atoms with Gasteiger partial charge in [0.1, 0.15) is 11.3 Å². The third-order valence-electron chi connectivity index (χ3n) is 6.19. The highest BCUT2D eigenvalue weighted by atomic mass is 35.7. The Kier molecular flexibility index (Phi) is 4.50. The van der Waals surface area contributed by atoms with Crippen LogP contribution in [-0.4, -0.2) is 27.7 Å². The highest BCUT2D eigenvalue weighted by Crippen LogP contribution is 2.46. The SMILES string of the molecule is Cc1c2c(c(-c3nc4c(C)nn(C)c4c(=O)n3C)c(C)c1S(=O)(=O)Cl)CC(C)(C)C2. The second-order valence-electron chi connectivity index (χ2n) is 9.07. The van der Waals surface area contributed by atoms with Crippen LogP contribution in [0.2, 0.25) is 0 Å². The molecule has 0 saturated carbocycles. The Bertz CT molecular complexity index is 1410. The third kappa shape index (κ3) is 2.92. The lowest BCUT2D eigenvalue weighted by molar-refractivity contribution is 0.392. The molecule has 1 aliphatic carbocycles. The van der Waals surface area contributed by atoms with E-state index < -0.39 is 9.05 Å². The van der Waals surface area contributed by atoms with Gasteiger partial charge in [0.15, 0.2) is 5.52 Å². The molecule has 1 aromatic carbocycles. The van der Waals surface area contributed by atoms with Gasteiger partial charge in [-0.3, -0.25) is 14.0 Å². The van der Waals surface area contributed by atoms with E-state index in [0.717, 1.165) is 24.0 Å². The number of fused-ring (bicyclic) bond motifs is 2. The first-order valence-corrected chi connectivity index (χ1v) is 12.1. The molecule has 3 aromatic rings. The summed E-state index contributed by atoms with van der Waals surface area (Å²) in [6, 6.07) is 0. The predicted octanol–water partition coefficient (Wildman–Crippen LogP) is 3.31. The van der Waals surface area contributed by atoms with Crippen molar-refractivity contribution in [1.29, 1.82) is 0 Å². The molecule has 160 valence electrons. The van der Waals surface area contributed by atoms with Crippen molar-refractivity contribution in [2.24, 2.45) is 19.5 Å². The van der Waals surface area contributed by atoms with Crippen molar-refractivity contribution in [2.45, 2.75) is 52.4 Å². The summed E-state index contributed by atoms with van der Waals surface area (Å²) in [5, 5.41) is 4.34. The molecule has 0 fully saturated rings. The van der Waals surface area contributed by atoms with Crippen molar-refractivity contribution in [3.63, 3.8) is 0 Å². The number of aryl methyl sites for hydroxylation is 2. The minimum absolute atomic E-state index is 0.0316. The highest BCUT2D eigenvalue weighted by Gasteiger charge is 2.37. The molecular weight excluding hydrogens is 424 g/mol. The van der Waals surface area contributed by atoms with Crippen LogP contribution in [0.5, 0.6) is 0 Å². The third-order valence-corrected chi connectivity index (χ3v) is 7.75. The van der Waals surface area contributed by atoms with E-state index in [4.69, 9.17) is 15.7 Å². The molecule has 0 aliphatic heterocycles. The van der Waals surface area contributed by atoms with E-state index in [2.05, 4.69) is 18.9 Å². The normalized spacial score (nSPS) is 15.7. The standard InChI is InChI=1S/C21H25ClN4O3S/c1-10-13-8-21(4,5)9-14(13)15(11(2)18(10)30(22,28)29)19-23-16-12(3)24-26(7)17(16)20(27)25(19)6/h8-9H2,1-7H3. The van der Waals surface area contributed by atoms with Crippen LogP contribution in [0.1, 0.15) is 41.8 Å². The average Bonchev–Trinajstić information content (AvgIpc) is 3.06. The van der Waals surface area contributed by atoms with Gasteiger partial charge in [0.2, 0.25) is 0 Å². The van der Waals surface area contributed by atoms with E-state index in [9.17, 15) is 13.2 Å². The Morgan fingerprint density at radius 1 is 1.03 bits per heavy atom. The smallest absolute Gasteiger partial charge is 0.279 e. The van der Waals surface area contributed by atoms with E-state index in [1.165, 1.54) is 9.25 Å². The number of nitrogens with zero attached hydrogens (tertiary/aromatic N) is 4. The van der Waals surface area contributed by atoms with Crippen molar-refractivity contribution >= 4 is 30.8 Å². The lowest BCUT2D eigenvalue weighted by atomic mass is 9.89. The Labute approximate surface area is 180 Å². The molecule has 0 radical (unpaired) electrons. The van der Waals surface area contributed by atoms with Gasteiger partial charge in [-0.1, -0.05) is 13.8 Å². The lowest BCUT2D eigenvalue weighted by Crippen LogP contribution is -2.23. The zero-order chi connectivity index (χ0) is 22.3. The fourth-order valence-electron chi connectivity index (χ4n) is 4.94. The Morgan fingerprint density at radius 3 is 2.23 bits per heavy atom. The quantitative estimate of drug-likeness (QED) is 0.561. The summed E-state index contributed by atoms with van der Waals surface area (Å²) >= 11 is 0. The molecule has 1 aliphatic rings. The Morgan fingerprint density at radius 2 is 1.63 bits per heavy atom. The molecular formula is C21H25ClN4O3S. The molecule has 0 unspecified atom stereocenters. The highest BCUT2D eigenvalue weighted by molar-refractivity contribution is 8.13. The van der Waals surface area contributed by atoms with Gasteiger partial charge in [0.25, 0.3) is 14.6 Å². The number of halogens is 1. The zero-order valence-electron chi connectivity index (χ0n) is 18.2. The van der Waals surface area contributed by atoms with Crippen LogP contribution in [0.15, 0.2) is 9.69 Å². The molecule has 0 N–H and O–H groups in total. The number of hydrogen-bond acceptors (Lipinski definition) is 5. The molecule has 2 heterocycles. The Hall–Kier alpha value is -2.19. The Balaban J connectivity index is 2.21. The summed E-state index contributed by atoms with van der Waals surface area (Å²) in [6.45, 7) is 9.67. The second kappa shape index (κ2) is 6.40. The maximum atomic E-state index is 13.2. The number of aromatic nitrogens is 4. The predicted molar refractivity (Wildman–Crippen MR) is 118 cm³/mol. The van der Waals surface area contributed by atoms with Crippen LogP contribution in [0.25, 0.3) is 22.4 Å². The first-order valence-electron chi connectivity index (χ1n) is 9.75. The van der Waals surface area contributed by atoms with Gasteiger partial charge in [-0.15, -0.1) is 0 Å². The molecule has 7 nitrogen and oxygen atoms in total. The topological polar surface area (TPSA) is 86.8 Å². The fraction of sp³-hybridized carbons (Fsp3) is 0.476. The van der Waals surface area contributed by atoms with Crippen LogP contribution < -0.4 is 5.56 Å². The molecule has 0 saturated heterocycles. The van der Waals surface area contributed by atoms with Crippen LogP contribution >= 0.6 is 10.7 Å². The zero-order valence-corrected chi connectivity index (χ0v) is 19.8. The van der Waals surface area contributed by atoms with Crippen LogP contribution in [0, 0.1) is 26.2 Å². The number of benzene rings is 1. The van der Waals surface area contributed by atoms with E-state index >= 15 is 0 Å². The minimum Gasteiger partial charge on any atom is -0.294 e. The van der Waals surface area contributed by atoms with Crippen LogP contribution in [-0.2, 0) is 36.0 Å². The van der Waals surface area contributed by atoms with Crippen molar-refractivity contribution in [3.8, 4) is 11.4 Å². The number of rotatable bonds is 2. The summed E-state index contributed by atoms with van der Waals surface area (Å²) in [6.07, 6.45) is 1.50. The molecule has 0 amide bonds.